The van der Waals surface area contributed by atoms with E-state index >= 15 is 0 Å². The van der Waals surface area contributed by atoms with E-state index in [0.717, 1.165) is 32.4 Å². The third kappa shape index (κ3) is 3.70. The van der Waals surface area contributed by atoms with Crippen molar-refractivity contribution in [1.29, 1.82) is 0 Å². The monoisotopic (exact) mass is 336 g/mol. The van der Waals surface area contributed by atoms with Gasteiger partial charge < -0.3 is 14.7 Å². The van der Waals surface area contributed by atoms with E-state index in [1.54, 1.807) is 12.1 Å². The van der Waals surface area contributed by atoms with Crippen LogP contribution < -0.4 is 4.74 Å². The lowest BCUT2D eigenvalue weighted by Gasteiger charge is -2.39. The van der Waals surface area contributed by atoms with Gasteiger partial charge in [0.1, 0.15) is 0 Å². The van der Waals surface area contributed by atoms with Gasteiger partial charge in [-0.25, -0.2) is 4.39 Å². The molecule has 6 heteroatoms. The Hall–Kier alpha value is -1.66. The highest BCUT2D eigenvalue weighted by Gasteiger charge is 2.33. The quantitative estimate of drug-likeness (QED) is 0.904. The number of rotatable bonds is 4. The number of aliphatic hydroxyl groups is 1. The standard InChI is InChI=1S/C18H25FN2O3/c1-24-17-6-5-13(11-14(17)19)12-18(23)21-9-7-20(8-10-21)15-3-2-4-16(15)22/h5-6,11,15-16,22H,2-4,7-10,12H2,1H3/t15-,16-/m0/s1. The van der Waals surface area contributed by atoms with Crippen molar-refractivity contribution in [3.63, 3.8) is 0 Å². The van der Waals surface area contributed by atoms with Crippen LogP contribution in [0.4, 0.5) is 4.39 Å². The first-order valence-electron chi connectivity index (χ1n) is 8.61. The minimum atomic E-state index is -0.442. The van der Waals surface area contributed by atoms with Gasteiger partial charge in [0.05, 0.1) is 19.6 Å². The van der Waals surface area contributed by atoms with Crippen LogP contribution in [0.2, 0.25) is 0 Å². The van der Waals surface area contributed by atoms with E-state index in [0.29, 0.717) is 18.7 Å². The molecule has 0 spiro atoms. The zero-order valence-corrected chi connectivity index (χ0v) is 14.1. The number of halogens is 1. The molecule has 2 aliphatic rings. The summed E-state index contributed by atoms with van der Waals surface area (Å²) in [7, 11) is 1.42. The van der Waals surface area contributed by atoms with E-state index in [4.69, 9.17) is 4.74 Å². The molecule has 0 radical (unpaired) electrons. The van der Waals surface area contributed by atoms with Crippen molar-refractivity contribution < 1.29 is 19.0 Å². The summed E-state index contributed by atoms with van der Waals surface area (Å²) < 4.78 is 18.6. The molecule has 1 aromatic rings. The van der Waals surface area contributed by atoms with Crippen LogP contribution in [0.25, 0.3) is 0 Å². The lowest BCUT2D eigenvalue weighted by Crippen LogP contribution is -2.53. The molecular formula is C18H25FN2O3. The molecule has 0 unspecified atom stereocenters. The predicted molar refractivity (Wildman–Crippen MR) is 88.5 cm³/mol. The smallest absolute Gasteiger partial charge is 0.227 e. The van der Waals surface area contributed by atoms with E-state index in [1.165, 1.54) is 13.2 Å². The zero-order valence-electron chi connectivity index (χ0n) is 14.1. The van der Waals surface area contributed by atoms with Gasteiger partial charge in [-0.3, -0.25) is 9.69 Å². The van der Waals surface area contributed by atoms with Crippen LogP contribution in [0.3, 0.4) is 0 Å². The molecule has 1 aliphatic heterocycles. The summed E-state index contributed by atoms with van der Waals surface area (Å²) in [6.07, 6.45) is 2.98. The zero-order chi connectivity index (χ0) is 17.1. The van der Waals surface area contributed by atoms with E-state index in [2.05, 4.69) is 4.90 Å². The maximum absolute atomic E-state index is 13.7. The first kappa shape index (κ1) is 17.2. The number of carbonyl (C=O) groups is 1. The van der Waals surface area contributed by atoms with Crippen LogP contribution in [0.1, 0.15) is 24.8 Å². The van der Waals surface area contributed by atoms with Crippen LogP contribution in [0, 0.1) is 5.82 Å². The van der Waals surface area contributed by atoms with Crippen LogP contribution in [-0.4, -0.2) is 66.2 Å². The Morgan fingerprint density at radius 3 is 2.62 bits per heavy atom. The molecule has 24 heavy (non-hydrogen) atoms. The highest BCUT2D eigenvalue weighted by Crippen LogP contribution is 2.25. The molecule has 2 fully saturated rings. The first-order valence-corrected chi connectivity index (χ1v) is 8.61. The van der Waals surface area contributed by atoms with E-state index in [-0.39, 0.29) is 30.2 Å². The number of methoxy groups -OCH3 is 1. The fourth-order valence-corrected chi connectivity index (χ4v) is 3.76. The average Bonchev–Trinajstić information content (AvgIpc) is 3.01. The average molecular weight is 336 g/mol. The molecule has 0 aromatic heterocycles. The highest BCUT2D eigenvalue weighted by molar-refractivity contribution is 5.79. The normalized spacial score (nSPS) is 25.0. The molecular weight excluding hydrogens is 311 g/mol. The number of hydrogen-bond acceptors (Lipinski definition) is 4. The molecule has 1 saturated carbocycles. The third-order valence-corrected chi connectivity index (χ3v) is 5.15. The van der Waals surface area contributed by atoms with Gasteiger partial charge in [-0.15, -0.1) is 0 Å². The Bertz CT molecular complexity index is 588. The lowest BCUT2D eigenvalue weighted by atomic mass is 10.1. The molecule has 1 heterocycles. The summed E-state index contributed by atoms with van der Waals surface area (Å²) in [5.74, 6) is -0.232. The van der Waals surface area contributed by atoms with Crippen molar-refractivity contribution in [3.05, 3.63) is 29.6 Å². The Morgan fingerprint density at radius 1 is 1.29 bits per heavy atom. The molecule has 5 nitrogen and oxygen atoms in total. The van der Waals surface area contributed by atoms with E-state index in [9.17, 15) is 14.3 Å². The predicted octanol–water partition coefficient (Wildman–Crippen LogP) is 1.43. The summed E-state index contributed by atoms with van der Waals surface area (Å²) in [6.45, 7) is 2.93. The maximum Gasteiger partial charge on any atom is 0.227 e. The minimum absolute atomic E-state index is 0.0196. The van der Waals surface area contributed by atoms with Crippen molar-refractivity contribution in [2.45, 2.75) is 37.8 Å². The van der Waals surface area contributed by atoms with Crippen LogP contribution in [0.5, 0.6) is 5.75 Å². The van der Waals surface area contributed by atoms with Crippen molar-refractivity contribution in [3.8, 4) is 5.75 Å². The Balaban J connectivity index is 1.52. The maximum atomic E-state index is 13.7. The first-order chi connectivity index (χ1) is 11.6. The van der Waals surface area contributed by atoms with Gasteiger partial charge in [-0.1, -0.05) is 6.07 Å². The third-order valence-electron chi connectivity index (χ3n) is 5.15. The van der Waals surface area contributed by atoms with Crippen LogP contribution in [-0.2, 0) is 11.2 Å². The lowest BCUT2D eigenvalue weighted by molar-refractivity contribution is -0.132. The molecule has 1 saturated heterocycles. The Morgan fingerprint density at radius 2 is 2.04 bits per heavy atom. The van der Waals surface area contributed by atoms with Crippen molar-refractivity contribution in [2.75, 3.05) is 33.3 Å². The molecule has 0 bridgehead atoms. The van der Waals surface area contributed by atoms with Crippen LogP contribution in [0.15, 0.2) is 18.2 Å². The summed E-state index contributed by atoms with van der Waals surface area (Å²) in [6, 6.07) is 4.89. The summed E-state index contributed by atoms with van der Waals surface area (Å²) in [5.41, 5.74) is 0.659. The number of nitrogens with zero attached hydrogens (tertiary/aromatic N) is 2. The Kier molecular flexibility index (Phi) is 5.36. The molecule has 132 valence electrons. The molecule has 1 N–H and O–H groups in total. The largest absolute Gasteiger partial charge is 0.494 e. The van der Waals surface area contributed by atoms with Gasteiger partial charge in [-0.2, -0.15) is 0 Å². The van der Waals surface area contributed by atoms with Crippen molar-refractivity contribution in [2.24, 2.45) is 0 Å². The number of aliphatic hydroxyl groups excluding tert-OH is 1. The van der Waals surface area contributed by atoms with Crippen molar-refractivity contribution >= 4 is 5.91 Å². The van der Waals surface area contributed by atoms with Gasteiger partial charge in [0.25, 0.3) is 0 Å². The number of carbonyl (C=O) groups excluding carboxylic acids is 1. The van der Waals surface area contributed by atoms with Gasteiger partial charge in [-0.05, 0) is 37.0 Å². The second-order valence-electron chi connectivity index (χ2n) is 6.63. The van der Waals surface area contributed by atoms with Gasteiger partial charge in [0, 0.05) is 32.2 Å². The number of hydrogen-bond donors (Lipinski definition) is 1. The molecule has 1 amide bonds. The molecule has 3 rings (SSSR count). The minimum Gasteiger partial charge on any atom is -0.494 e. The van der Waals surface area contributed by atoms with Gasteiger partial charge in [0.15, 0.2) is 11.6 Å². The van der Waals surface area contributed by atoms with E-state index < -0.39 is 5.82 Å². The summed E-state index contributed by atoms with van der Waals surface area (Å²) >= 11 is 0. The van der Waals surface area contributed by atoms with Gasteiger partial charge in [0.2, 0.25) is 5.91 Å². The number of piperazine rings is 1. The molecule has 1 aliphatic carbocycles. The molecule has 1 aromatic carbocycles. The summed E-state index contributed by atoms with van der Waals surface area (Å²) in [4.78, 5) is 16.6. The number of amides is 1. The Labute approximate surface area is 142 Å². The second kappa shape index (κ2) is 7.49. The van der Waals surface area contributed by atoms with Crippen molar-refractivity contribution in [1.82, 2.24) is 9.80 Å². The molecule has 2 atom stereocenters. The SMILES string of the molecule is COc1ccc(CC(=O)N2CCN([C@H]3CCC[C@@H]3O)CC2)cc1F. The van der Waals surface area contributed by atoms with Crippen LogP contribution >= 0.6 is 0 Å². The fraction of sp³-hybridized carbons (Fsp3) is 0.611. The van der Waals surface area contributed by atoms with E-state index in [1.807, 2.05) is 4.90 Å². The number of ether oxygens (including phenoxy) is 1. The van der Waals surface area contributed by atoms with Gasteiger partial charge >= 0.3 is 0 Å². The number of benzene rings is 1. The second-order valence-corrected chi connectivity index (χ2v) is 6.63. The topological polar surface area (TPSA) is 53.0 Å². The summed E-state index contributed by atoms with van der Waals surface area (Å²) in [5, 5.41) is 10.0. The fourth-order valence-electron chi connectivity index (χ4n) is 3.76. The highest BCUT2D eigenvalue weighted by atomic mass is 19.1.